The zero-order valence-electron chi connectivity index (χ0n) is 14.8. The molecule has 0 spiro atoms. The van der Waals surface area contributed by atoms with Crippen molar-refractivity contribution >= 4 is 16.7 Å². The van der Waals surface area contributed by atoms with Gasteiger partial charge in [-0.2, -0.15) is 0 Å². The molecule has 0 aliphatic heterocycles. The molecule has 0 saturated heterocycles. The van der Waals surface area contributed by atoms with Gasteiger partial charge in [-0.25, -0.2) is 0 Å². The molecule has 26 heavy (non-hydrogen) atoms. The summed E-state index contributed by atoms with van der Waals surface area (Å²) in [4.78, 5) is 12.1. The van der Waals surface area contributed by atoms with E-state index in [9.17, 15) is 4.79 Å². The Hall–Kier alpha value is -3.21. The predicted octanol–water partition coefficient (Wildman–Crippen LogP) is 3.55. The van der Waals surface area contributed by atoms with E-state index in [1.807, 2.05) is 60.7 Å². The summed E-state index contributed by atoms with van der Waals surface area (Å²) in [5, 5.41) is 4.91. The molecule has 0 heterocycles. The summed E-state index contributed by atoms with van der Waals surface area (Å²) in [6.45, 7) is 0.339. The molecular weight excluding hydrogens is 330 g/mol. The Balaban J connectivity index is 1.58. The average Bonchev–Trinajstić information content (AvgIpc) is 2.70. The van der Waals surface area contributed by atoms with Crippen LogP contribution in [0, 0.1) is 0 Å². The number of para-hydroxylation sites is 1. The highest BCUT2D eigenvalue weighted by molar-refractivity contribution is 5.85. The van der Waals surface area contributed by atoms with Gasteiger partial charge in [0, 0.05) is 12.1 Å². The van der Waals surface area contributed by atoms with Gasteiger partial charge in [-0.15, -0.1) is 0 Å². The van der Waals surface area contributed by atoms with Gasteiger partial charge >= 0.3 is 0 Å². The summed E-state index contributed by atoms with van der Waals surface area (Å²) < 4.78 is 16.1. The number of methoxy groups -OCH3 is 2. The summed E-state index contributed by atoms with van der Waals surface area (Å²) >= 11 is 0. The normalized spacial score (nSPS) is 10.4. The maximum atomic E-state index is 12.1. The van der Waals surface area contributed by atoms with Crippen LogP contribution in [0.5, 0.6) is 17.2 Å². The maximum Gasteiger partial charge on any atom is 0.258 e. The number of rotatable bonds is 7. The molecule has 1 amide bonds. The van der Waals surface area contributed by atoms with Crippen molar-refractivity contribution in [2.45, 2.75) is 6.54 Å². The summed E-state index contributed by atoms with van der Waals surface area (Å²) in [7, 11) is 3.24. The fraction of sp³-hybridized carbons (Fsp3) is 0.190. The van der Waals surface area contributed by atoms with Crippen LogP contribution in [0.15, 0.2) is 60.7 Å². The van der Waals surface area contributed by atoms with Crippen LogP contribution in [0.4, 0.5) is 0 Å². The number of hydrogen-bond acceptors (Lipinski definition) is 4. The molecule has 5 nitrogen and oxygen atoms in total. The van der Waals surface area contributed by atoms with Crippen LogP contribution in [0.25, 0.3) is 10.8 Å². The van der Waals surface area contributed by atoms with Crippen molar-refractivity contribution in [1.82, 2.24) is 5.32 Å². The highest BCUT2D eigenvalue weighted by atomic mass is 16.5. The molecule has 0 bridgehead atoms. The van der Waals surface area contributed by atoms with E-state index in [4.69, 9.17) is 14.2 Å². The molecule has 0 aliphatic carbocycles. The van der Waals surface area contributed by atoms with Gasteiger partial charge in [-0.05, 0) is 41.1 Å². The van der Waals surface area contributed by atoms with E-state index in [-0.39, 0.29) is 12.5 Å². The first-order valence-electron chi connectivity index (χ1n) is 8.29. The van der Waals surface area contributed by atoms with Crippen molar-refractivity contribution in [3.05, 3.63) is 66.2 Å². The molecule has 3 aromatic carbocycles. The molecule has 0 fully saturated rings. The average molecular weight is 351 g/mol. The molecule has 0 atom stereocenters. The lowest BCUT2D eigenvalue weighted by atomic mass is 10.1. The van der Waals surface area contributed by atoms with Crippen LogP contribution >= 0.6 is 0 Å². The Kier molecular flexibility index (Phi) is 5.59. The van der Waals surface area contributed by atoms with E-state index in [0.717, 1.165) is 27.8 Å². The SMILES string of the molecule is COc1ccc2ccc(OCC(=O)NCc3ccccc3OC)cc2c1. The number of nitrogens with one attached hydrogen (secondary N) is 1. The molecule has 0 saturated carbocycles. The second-order valence-electron chi connectivity index (χ2n) is 5.75. The van der Waals surface area contributed by atoms with Gasteiger partial charge in [0.15, 0.2) is 6.61 Å². The van der Waals surface area contributed by atoms with Gasteiger partial charge in [-0.3, -0.25) is 4.79 Å². The number of ether oxygens (including phenoxy) is 3. The van der Waals surface area contributed by atoms with Crippen LogP contribution in [0.3, 0.4) is 0 Å². The molecule has 0 aromatic heterocycles. The topological polar surface area (TPSA) is 56.8 Å². The number of carbonyl (C=O) groups is 1. The second kappa shape index (κ2) is 8.25. The standard InChI is InChI=1S/C21H21NO4/c1-24-18-9-7-15-8-10-19(12-17(15)11-18)26-14-21(23)22-13-16-5-3-4-6-20(16)25-2/h3-12H,13-14H2,1-2H3,(H,22,23). The third-order valence-electron chi connectivity index (χ3n) is 4.06. The third kappa shape index (κ3) is 4.25. The van der Waals surface area contributed by atoms with Crippen LogP contribution in [-0.4, -0.2) is 26.7 Å². The lowest BCUT2D eigenvalue weighted by Crippen LogP contribution is -2.28. The molecule has 0 aliphatic rings. The second-order valence-corrected chi connectivity index (χ2v) is 5.75. The Morgan fingerprint density at radius 1 is 0.885 bits per heavy atom. The van der Waals surface area contributed by atoms with E-state index in [2.05, 4.69) is 5.32 Å². The largest absolute Gasteiger partial charge is 0.497 e. The van der Waals surface area contributed by atoms with E-state index < -0.39 is 0 Å². The number of benzene rings is 3. The van der Waals surface area contributed by atoms with Crippen LogP contribution in [0.1, 0.15) is 5.56 Å². The van der Waals surface area contributed by atoms with Gasteiger partial charge in [0.05, 0.1) is 14.2 Å². The van der Waals surface area contributed by atoms with E-state index >= 15 is 0 Å². The Morgan fingerprint density at radius 3 is 2.38 bits per heavy atom. The molecular formula is C21H21NO4. The van der Waals surface area contributed by atoms with Crippen molar-refractivity contribution in [3.63, 3.8) is 0 Å². The highest BCUT2D eigenvalue weighted by Crippen LogP contribution is 2.25. The minimum Gasteiger partial charge on any atom is -0.497 e. The van der Waals surface area contributed by atoms with Gasteiger partial charge < -0.3 is 19.5 Å². The number of amides is 1. The van der Waals surface area contributed by atoms with Crippen molar-refractivity contribution in [1.29, 1.82) is 0 Å². The summed E-state index contributed by atoms with van der Waals surface area (Å²) in [6.07, 6.45) is 0. The lowest BCUT2D eigenvalue weighted by molar-refractivity contribution is -0.123. The first-order valence-corrected chi connectivity index (χ1v) is 8.29. The number of hydrogen-bond donors (Lipinski definition) is 1. The fourth-order valence-corrected chi connectivity index (χ4v) is 2.66. The fourth-order valence-electron chi connectivity index (χ4n) is 2.66. The van der Waals surface area contributed by atoms with E-state index in [0.29, 0.717) is 12.3 Å². The third-order valence-corrected chi connectivity index (χ3v) is 4.06. The van der Waals surface area contributed by atoms with Crippen molar-refractivity contribution < 1.29 is 19.0 Å². The number of carbonyl (C=O) groups excluding carboxylic acids is 1. The first kappa shape index (κ1) is 17.6. The summed E-state index contributed by atoms with van der Waals surface area (Å²) in [5.74, 6) is 1.97. The first-order chi connectivity index (χ1) is 12.7. The molecule has 134 valence electrons. The van der Waals surface area contributed by atoms with Crippen LogP contribution in [-0.2, 0) is 11.3 Å². The number of fused-ring (bicyclic) bond motifs is 1. The van der Waals surface area contributed by atoms with Gasteiger partial charge in [0.1, 0.15) is 17.2 Å². The quantitative estimate of drug-likeness (QED) is 0.707. The molecule has 0 unspecified atom stereocenters. The predicted molar refractivity (Wildman–Crippen MR) is 101 cm³/mol. The minimum absolute atomic E-state index is 0.0510. The van der Waals surface area contributed by atoms with Crippen molar-refractivity contribution in [3.8, 4) is 17.2 Å². The summed E-state index contributed by atoms with van der Waals surface area (Å²) in [5.41, 5.74) is 0.918. The Morgan fingerprint density at radius 2 is 1.62 bits per heavy atom. The monoisotopic (exact) mass is 351 g/mol. The minimum atomic E-state index is -0.193. The highest BCUT2D eigenvalue weighted by Gasteiger charge is 2.07. The molecule has 0 radical (unpaired) electrons. The van der Waals surface area contributed by atoms with Gasteiger partial charge in [0.25, 0.3) is 5.91 Å². The lowest BCUT2D eigenvalue weighted by Gasteiger charge is -2.11. The Bertz CT molecular complexity index is 907. The van der Waals surface area contributed by atoms with E-state index in [1.165, 1.54) is 0 Å². The van der Waals surface area contributed by atoms with Gasteiger partial charge in [-0.1, -0.05) is 30.3 Å². The Labute approximate surface area is 152 Å². The molecule has 3 rings (SSSR count). The van der Waals surface area contributed by atoms with Crippen LogP contribution < -0.4 is 19.5 Å². The maximum absolute atomic E-state index is 12.1. The molecule has 1 N–H and O–H groups in total. The molecule has 5 heteroatoms. The van der Waals surface area contributed by atoms with Crippen LogP contribution in [0.2, 0.25) is 0 Å². The zero-order valence-corrected chi connectivity index (χ0v) is 14.8. The smallest absolute Gasteiger partial charge is 0.258 e. The zero-order chi connectivity index (χ0) is 18.4. The molecule has 3 aromatic rings. The van der Waals surface area contributed by atoms with Crippen molar-refractivity contribution in [2.24, 2.45) is 0 Å². The van der Waals surface area contributed by atoms with Gasteiger partial charge in [0.2, 0.25) is 0 Å². The van der Waals surface area contributed by atoms with Crippen molar-refractivity contribution in [2.75, 3.05) is 20.8 Å². The summed E-state index contributed by atoms with van der Waals surface area (Å²) in [6, 6.07) is 19.1. The van der Waals surface area contributed by atoms with E-state index in [1.54, 1.807) is 14.2 Å².